The Morgan fingerprint density at radius 2 is 1.84 bits per heavy atom. The highest BCUT2D eigenvalue weighted by Crippen LogP contribution is 2.31. The molecule has 0 amide bonds. The second-order valence-electron chi connectivity index (χ2n) is 3.11. The van der Waals surface area contributed by atoms with Crippen LogP contribution in [-0.2, 0) is 9.59 Å². The van der Waals surface area contributed by atoms with Crippen molar-refractivity contribution in [2.24, 2.45) is 0 Å². The van der Waals surface area contributed by atoms with Crippen LogP contribution < -0.4 is 10.1 Å². The van der Waals surface area contributed by atoms with Crippen molar-refractivity contribution >= 4 is 35.1 Å². The molecule has 8 heteroatoms. The number of nitrogens with one attached hydrogen (secondary N) is 1. The van der Waals surface area contributed by atoms with Gasteiger partial charge in [-0.05, 0) is 19.2 Å². The molecule has 0 bridgehead atoms. The van der Waals surface area contributed by atoms with Gasteiger partial charge in [-0.25, -0.2) is 9.59 Å². The van der Waals surface area contributed by atoms with Gasteiger partial charge in [0.25, 0.3) is 0 Å². The number of carbonyl (C=O) groups is 2. The third-order valence-corrected chi connectivity index (χ3v) is 2.51. The summed E-state index contributed by atoms with van der Waals surface area (Å²) in [5.74, 6) is -3.02. The number of aliphatic carboxylic acids is 2. The topological polar surface area (TPSA) is 95.9 Å². The molecule has 0 radical (unpaired) electrons. The molecule has 0 fully saturated rings. The Kier molecular flexibility index (Phi) is 8.69. The van der Waals surface area contributed by atoms with Crippen LogP contribution >= 0.6 is 23.2 Å². The second-order valence-corrected chi connectivity index (χ2v) is 3.90. The van der Waals surface area contributed by atoms with Crippen LogP contribution in [0, 0.1) is 0 Å². The molecule has 3 N–H and O–H groups in total. The summed E-state index contributed by atoms with van der Waals surface area (Å²) in [6, 6.07) is 5.33. The number of hydrogen-bond acceptors (Lipinski definition) is 4. The van der Waals surface area contributed by atoms with E-state index in [2.05, 4.69) is 5.32 Å². The minimum atomic E-state index is -1.82. The SMILES string of the molecule is CNCCOc1cccc(Cl)c1Cl.O=C(O)C(=O)O. The Labute approximate surface area is 119 Å². The maximum atomic E-state index is 9.10. The Hall–Kier alpha value is -1.50. The van der Waals surface area contributed by atoms with Gasteiger partial charge in [-0.3, -0.25) is 0 Å². The molecular formula is C11H13Cl2NO5. The minimum Gasteiger partial charge on any atom is -0.491 e. The zero-order valence-electron chi connectivity index (χ0n) is 10.0. The summed E-state index contributed by atoms with van der Waals surface area (Å²) in [7, 11) is 1.86. The Morgan fingerprint density at radius 1 is 1.26 bits per heavy atom. The summed E-state index contributed by atoms with van der Waals surface area (Å²) in [6.07, 6.45) is 0. The zero-order valence-corrected chi connectivity index (χ0v) is 11.5. The van der Waals surface area contributed by atoms with Gasteiger partial charge in [0.15, 0.2) is 0 Å². The number of benzene rings is 1. The predicted molar refractivity (Wildman–Crippen MR) is 71.2 cm³/mol. The Balaban J connectivity index is 0.000000459. The molecule has 1 aromatic rings. The molecular weight excluding hydrogens is 297 g/mol. The molecule has 19 heavy (non-hydrogen) atoms. The van der Waals surface area contributed by atoms with Crippen LogP contribution in [0.3, 0.4) is 0 Å². The van der Waals surface area contributed by atoms with E-state index in [0.717, 1.165) is 6.54 Å². The first kappa shape index (κ1) is 17.5. The molecule has 0 aliphatic heterocycles. The van der Waals surface area contributed by atoms with Gasteiger partial charge in [0.05, 0.1) is 5.02 Å². The lowest BCUT2D eigenvalue weighted by atomic mass is 10.3. The summed E-state index contributed by atoms with van der Waals surface area (Å²) in [5.41, 5.74) is 0. The maximum Gasteiger partial charge on any atom is 0.414 e. The number of halogens is 2. The van der Waals surface area contributed by atoms with E-state index in [4.69, 9.17) is 47.7 Å². The summed E-state index contributed by atoms with van der Waals surface area (Å²) < 4.78 is 5.38. The smallest absolute Gasteiger partial charge is 0.414 e. The van der Waals surface area contributed by atoms with Crippen molar-refractivity contribution in [2.45, 2.75) is 0 Å². The van der Waals surface area contributed by atoms with Crippen LogP contribution in [0.2, 0.25) is 10.0 Å². The molecule has 0 aliphatic rings. The number of likely N-dealkylation sites (N-methyl/N-ethyl adjacent to an activating group) is 1. The fourth-order valence-electron chi connectivity index (χ4n) is 0.859. The van der Waals surface area contributed by atoms with Gasteiger partial charge < -0.3 is 20.3 Å². The fourth-order valence-corrected chi connectivity index (χ4v) is 1.20. The predicted octanol–water partition coefficient (Wildman–Crippen LogP) is 1.75. The maximum absolute atomic E-state index is 9.10. The highest BCUT2D eigenvalue weighted by Gasteiger charge is 2.04. The van der Waals surface area contributed by atoms with Crippen molar-refractivity contribution in [3.63, 3.8) is 0 Å². The first-order valence-corrected chi connectivity index (χ1v) is 5.83. The lowest BCUT2D eigenvalue weighted by Crippen LogP contribution is -2.16. The van der Waals surface area contributed by atoms with E-state index in [9.17, 15) is 0 Å². The molecule has 0 aromatic heterocycles. The summed E-state index contributed by atoms with van der Waals surface area (Å²) in [4.78, 5) is 18.2. The standard InChI is InChI=1S/C9H11Cl2NO.C2H2O4/c1-12-5-6-13-8-4-2-3-7(10)9(8)11;3-1(4)2(5)6/h2-4,12H,5-6H2,1H3;(H,3,4)(H,5,6). The van der Waals surface area contributed by atoms with Crippen molar-refractivity contribution in [2.75, 3.05) is 20.2 Å². The van der Waals surface area contributed by atoms with Gasteiger partial charge in [-0.1, -0.05) is 29.3 Å². The van der Waals surface area contributed by atoms with Crippen LogP contribution in [0.25, 0.3) is 0 Å². The lowest BCUT2D eigenvalue weighted by molar-refractivity contribution is -0.159. The van der Waals surface area contributed by atoms with Gasteiger partial charge in [-0.2, -0.15) is 0 Å². The van der Waals surface area contributed by atoms with E-state index in [1.165, 1.54) is 0 Å². The van der Waals surface area contributed by atoms with Crippen molar-refractivity contribution in [1.29, 1.82) is 0 Å². The quantitative estimate of drug-likeness (QED) is 0.579. The molecule has 1 aromatic carbocycles. The second kappa shape index (κ2) is 9.43. The van der Waals surface area contributed by atoms with Crippen molar-refractivity contribution in [3.05, 3.63) is 28.2 Å². The van der Waals surface area contributed by atoms with E-state index in [1.54, 1.807) is 12.1 Å². The molecule has 1 rings (SSSR count). The van der Waals surface area contributed by atoms with Crippen molar-refractivity contribution in [1.82, 2.24) is 5.32 Å². The highest BCUT2D eigenvalue weighted by atomic mass is 35.5. The largest absolute Gasteiger partial charge is 0.491 e. The molecule has 0 atom stereocenters. The lowest BCUT2D eigenvalue weighted by Gasteiger charge is -2.07. The molecule has 0 saturated carbocycles. The summed E-state index contributed by atoms with van der Waals surface area (Å²) in [6.45, 7) is 1.36. The van der Waals surface area contributed by atoms with Crippen molar-refractivity contribution < 1.29 is 24.5 Å². The molecule has 0 aliphatic carbocycles. The van der Waals surface area contributed by atoms with Gasteiger partial charge in [-0.15, -0.1) is 0 Å². The van der Waals surface area contributed by atoms with E-state index in [0.29, 0.717) is 22.4 Å². The molecule has 106 valence electrons. The molecule has 0 heterocycles. The van der Waals surface area contributed by atoms with Crippen LogP contribution in [0.4, 0.5) is 0 Å². The third kappa shape index (κ3) is 7.50. The molecule has 0 spiro atoms. The molecule has 0 unspecified atom stereocenters. The van der Waals surface area contributed by atoms with Crippen LogP contribution in [-0.4, -0.2) is 42.4 Å². The number of carboxylic acids is 2. The first-order valence-electron chi connectivity index (χ1n) is 5.07. The van der Waals surface area contributed by atoms with Gasteiger partial charge in [0.2, 0.25) is 0 Å². The number of carboxylic acid groups (broad SMARTS) is 2. The number of ether oxygens (including phenoxy) is 1. The first-order chi connectivity index (χ1) is 8.90. The molecule has 0 saturated heterocycles. The fraction of sp³-hybridized carbons (Fsp3) is 0.273. The van der Waals surface area contributed by atoms with Crippen LogP contribution in [0.5, 0.6) is 5.75 Å². The minimum absolute atomic E-state index is 0.472. The van der Waals surface area contributed by atoms with Gasteiger partial charge in [0, 0.05) is 6.54 Å². The monoisotopic (exact) mass is 309 g/mol. The van der Waals surface area contributed by atoms with E-state index in [-0.39, 0.29) is 0 Å². The summed E-state index contributed by atoms with van der Waals surface area (Å²) in [5, 5.41) is 18.7. The van der Waals surface area contributed by atoms with Gasteiger partial charge in [0.1, 0.15) is 17.4 Å². The zero-order chi connectivity index (χ0) is 14.8. The van der Waals surface area contributed by atoms with Crippen LogP contribution in [0.15, 0.2) is 18.2 Å². The number of rotatable bonds is 4. The van der Waals surface area contributed by atoms with E-state index in [1.807, 2.05) is 13.1 Å². The molecule has 6 nitrogen and oxygen atoms in total. The number of hydrogen-bond donors (Lipinski definition) is 3. The normalized spacial score (nSPS) is 9.21. The van der Waals surface area contributed by atoms with E-state index < -0.39 is 11.9 Å². The highest BCUT2D eigenvalue weighted by molar-refractivity contribution is 6.42. The van der Waals surface area contributed by atoms with Crippen LogP contribution in [0.1, 0.15) is 0 Å². The van der Waals surface area contributed by atoms with Crippen molar-refractivity contribution in [3.8, 4) is 5.75 Å². The summed E-state index contributed by atoms with van der Waals surface area (Å²) >= 11 is 11.7. The van der Waals surface area contributed by atoms with Gasteiger partial charge >= 0.3 is 11.9 Å². The average Bonchev–Trinajstić information content (AvgIpc) is 2.35. The Morgan fingerprint density at radius 3 is 2.32 bits per heavy atom. The Bertz CT molecular complexity index is 427. The average molecular weight is 310 g/mol. The third-order valence-electron chi connectivity index (χ3n) is 1.71. The van der Waals surface area contributed by atoms with E-state index >= 15 is 0 Å².